The van der Waals surface area contributed by atoms with Crippen LogP contribution in [0.4, 0.5) is 5.82 Å². The lowest BCUT2D eigenvalue weighted by atomic mass is 10.3. The summed E-state index contributed by atoms with van der Waals surface area (Å²) in [6.45, 7) is 2.74. The summed E-state index contributed by atoms with van der Waals surface area (Å²) in [5.41, 5.74) is 0. The van der Waals surface area contributed by atoms with E-state index in [9.17, 15) is 0 Å². The van der Waals surface area contributed by atoms with Gasteiger partial charge in [0.25, 0.3) is 0 Å². The van der Waals surface area contributed by atoms with E-state index in [1.54, 1.807) is 24.4 Å². The van der Waals surface area contributed by atoms with Crippen LogP contribution in [0.3, 0.4) is 0 Å². The zero-order valence-electron chi connectivity index (χ0n) is 9.65. The molecule has 0 saturated carbocycles. The number of halogens is 2. The summed E-state index contributed by atoms with van der Waals surface area (Å²) >= 11 is 11.9. The van der Waals surface area contributed by atoms with Crippen molar-refractivity contribution in [3.63, 3.8) is 0 Å². The van der Waals surface area contributed by atoms with Gasteiger partial charge in [0.15, 0.2) is 0 Å². The van der Waals surface area contributed by atoms with Crippen LogP contribution < -0.4 is 10.1 Å². The maximum absolute atomic E-state index is 6.00. The Labute approximate surface area is 115 Å². The van der Waals surface area contributed by atoms with Crippen LogP contribution in [0.5, 0.6) is 11.6 Å². The largest absolute Gasteiger partial charge is 0.436 e. The van der Waals surface area contributed by atoms with Gasteiger partial charge in [0.05, 0.1) is 17.4 Å². The molecule has 0 bridgehead atoms. The Morgan fingerprint density at radius 1 is 1.28 bits per heavy atom. The Hall–Kier alpha value is -1.52. The van der Waals surface area contributed by atoms with E-state index in [1.165, 1.54) is 6.20 Å². The highest BCUT2D eigenvalue weighted by molar-refractivity contribution is 6.34. The number of anilines is 1. The number of aromatic nitrogens is 2. The Morgan fingerprint density at radius 3 is 2.89 bits per heavy atom. The molecule has 0 unspecified atom stereocenters. The van der Waals surface area contributed by atoms with Crippen molar-refractivity contribution in [2.75, 3.05) is 11.9 Å². The van der Waals surface area contributed by atoms with E-state index in [0.29, 0.717) is 27.5 Å². The molecule has 0 spiro atoms. The molecule has 6 heteroatoms. The first-order valence-electron chi connectivity index (χ1n) is 5.38. The SMILES string of the molecule is CCNc1cncc(Oc2cc(Cl)ccc2Cl)n1. The molecule has 1 aromatic carbocycles. The molecule has 0 atom stereocenters. The Bertz CT molecular complexity index is 549. The number of hydrogen-bond donors (Lipinski definition) is 1. The lowest BCUT2D eigenvalue weighted by Gasteiger charge is -2.08. The van der Waals surface area contributed by atoms with Crippen molar-refractivity contribution in [3.05, 3.63) is 40.6 Å². The number of nitrogens with zero attached hydrogens (tertiary/aromatic N) is 2. The summed E-state index contributed by atoms with van der Waals surface area (Å²) < 4.78 is 5.55. The van der Waals surface area contributed by atoms with Crippen LogP contribution in [-0.2, 0) is 0 Å². The van der Waals surface area contributed by atoms with Gasteiger partial charge >= 0.3 is 0 Å². The van der Waals surface area contributed by atoms with Crippen molar-refractivity contribution >= 4 is 29.0 Å². The lowest BCUT2D eigenvalue weighted by molar-refractivity contribution is 0.461. The molecule has 94 valence electrons. The zero-order chi connectivity index (χ0) is 13.0. The van der Waals surface area contributed by atoms with Gasteiger partial charge in [0.2, 0.25) is 5.88 Å². The number of ether oxygens (including phenoxy) is 1. The Kier molecular flexibility index (Phi) is 4.23. The maximum Gasteiger partial charge on any atom is 0.239 e. The van der Waals surface area contributed by atoms with E-state index in [1.807, 2.05) is 6.92 Å². The molecule has 4 nitrogen and oxygen atoms in total. The topological polar surface area (TPSA) is 47.0 Å². The van der Waals surface area contributed by atoms with E-state index in [0.717, 1.165) is 6.54 Å². The average molecular weight is 284 g/mol. The summed E-state index contributed by atoms with van der Waals surface area (Å²) in [6, 6.07) is 4.99. The smallest absolute Gasteiger partial charge is 0.239 e. The van der Waals surface area contributed by atoms with Gasteiger partial charge < -0.3 is 10.1 Å². The van der Waals surface area contributed by atoms with Crippen LogP contribution in [0.15, 0.2) is 30.6 Å². The second kappa shape index (κ2) is 5.89. The van der Waals surface area contributed by atoms with Crippen LogP contribution in [0.2, 0.25) is 10.0 Å². The third-order valence-corrected chi connectivity index (χ3v) is 2.63. The minimum Gasteiger partial charge on any atom is -0.436 e. The molecular weight excluding hydrogens is 273 g/mol. The number of rotatable bonds is 4. The molecule has 0 amide bonds. The highest BCUT2D eigenvalue weighted by atomic mass is 35.5. The van der Waals surface area contributed by atoms with Gasteiger partial charge in [0.1, 0.15) is 11.6 Å². The normalized spacial score (nSPS) is 10.2. The van der Waals surface area contributed by atoms with Crippen molar-refractivity contribution in [2.45, 2.75) is 6.92 Å². The molecule has 1 heterocycles. The first-order chi connectivity index (χ1) is 8.69. The van der Waals surface area contributed by atoms with E-state index in [4.69, 9.17) is 27.9 Å². The summed E-state index contributed by atoms with van der Waals surface area (Å²) in [5.74, 6) is 1.46. The predicted octanol–water partition coefficient (Wildman–Crippen LogP) is 4.01. The van der Waals surface area contributed by atoms with Crippen LogP contribution in [0.25, 0.3) is 0 Å². The van der Waals surface area contributed by atoms with Gasteiger partial charge in [-0.15, -0.1) is 0 Å². The summed E-state index contributed by atoms with van der Waals surface area (Å²) in [6.07, 6.45) is 3.13. The monoisotopic (exact) mass is 283 g/mol. The van der Waals surface area contributed by atoms with Crippen molar-refractivity contribution in [2.24, 2.45) is 0 Å². The molecule has 0 aliphatic heterocycles. The lowest BCUT2D eigenvalue weighted by Crippen LogP contribution is -2.00. The van der Waals surface area contributed by atoms with Gasteiger partial charge in [-0.05, 0) is 19.1 Å². The van der Waals surface area contributed by atoms with Crippen molar-refractivity contribution < 1.29 is 4.74 Å². The zero-order valence-corrected chi connectivity index (χ0v) is 11.2. The van der Waals surface area contributed by atoms with Crippen molar-refractivity contribution in [3.8, 4) is 11.6 Å². The molecule has 0 saturated heterocycles. The molecule has 18 heavy (non-hydrogen) atoms. The highest BCUT2D eigenvalue weighted by Gasteiger charge is 2.06. The second-order valence-electron chi connectivity index (χ2n) is 3.45. The van der Waals surface area contributed by atoms with E-state index in [2.05, 4.69) is 15.3 Å². The molecule has 1 aromatic heterocycles. The van der Waals surface area contributed by atoms with Crippen LogP contribution >= 0.6 is 23.2 Å². The van der Waals surface area contributed by atoms with Gasteiger partial charge in [-0.1, -0.05) is 23.2 Å². The van der Waals surface area contributed by atoms with Crippen LogP contribution in [0, 0.1) is 0 Å². The fraction of sp³-hybridized carbons (Fsp3) is 0.167. The number of benzene rings is 1. The Morgan fingerprint density at radius 2 is 2.11 bits per heavy atom. The summed E-state index contributed by atoms with van der Waals surface area (Å²) in [4.78, 5) is 8.26. The second-order valence-corrected chi connectivity index (χ2v) is 4.29. The molecule has 0 fully saturated rings. The highest BCUT2D eigenvalue weighted by Crippen LogP contribution is 2.31. The number of nitrogens with one attached hydrogen (secondary N) is 1. The fourth-order valence-corrected chi connectivity index (χ4v) is 1.65. The fourth-order valence-electron chi connectivity index (χ4n) is 1.33. The molecule has 1 N–H and O–H groups in total. The third kappa shape index (κ3) is 3.24. The van der Waals surface area contributed by atoms with Gasteiger partial charge in [-0.3, -0.25) is 4.98 Å². The summed E-state index contributed by atoms with van der Waals surface area (Å²) in [5, 5.41) is 4.06. The average Bonchev–Trinajstić information content (AvgIpc) is 2.35. The molecule has 2 aromatic rings. The van der Waals surface area contributed by atoms with Crippen LogP contribution in [0.1, 0.15) is 6.92 Å². The molecule has 0 radical (unpaired) electrons. The standard InChI is InChI=1S/C12H11Cl2N3O/c1-2-16-11-6-15-7-12(17-11)18-10-5-8(13)3-4-9(10)14/h3-7H,2H2,1H3,(H,16,17). The van der Waals surface area contributed by atoms with Gasteiger partial charge in [-0.25, -0.2) is 0 Å². The third-order valence-electron chi connectivity index (χ3n) is 2.08. The molecular formula is C12H11Cl2N3O. The summed E-state index contributed by atoms with van der Waals surface area (Å²) in [7, 11) is 0. The van der Waals surface area contributed by atoms with E-state index in [-0.39, 0.29) is 0 Å². The first kappa shape index (κ1) is 12.9. The predicted molar refractivity (Wildman–Crippen MR) is 72.7 cm³/mol. The number of hydrogen-bond acceptors (Lipinski definition) is 4. The maximum atomic E-state index is 6.00. The van der Waals surface area contributed by atoms with Gasteiger partial charge in [-0.2, -0.15) is 4.98 Å². The molecule has 2 rings (SSSR count). The first-order valence-corrected chi connectivity index (χ1v) is 6.13. The van der Waals surface area contributed by atoms with Crippen molar-refractivity contribution in [1.82, 2.24) is 9.97 Å². The minimum absolute atomic E-state index is 0.359. The Balaban J connectivity index is 2.22. The molecule has 0 aliphatic carbocycles. The molecule has 0 aliphatic rings. The van der Waals surface area contributed by atoms with E-state index >= 15 is 0 Å². The van der Waals surface area contributed by atoms with E-state index < -0.39 is 0 Å². The van der Waals surface area contributed by atoms with Crippen molar-refractivity contribution in [1.29, 1.82) is 0 Å². The van der Waals surface area contributed by atoms with Crippen LogP contribution in [-0.4, -0.2) is 16.5 Å². The van der Waals surface area contributed by atoms with Gasteiger partial charge in [0, 0.05) is 17.6 Å². The quantitative estimate of drug-likeness (QED) is 0.921. The minimum atomic E-state index is 0.359.